The monoisotopic (exact) mass is 261 g/mol. The molecule has 0 unspecified atom stereocenters. The minimum Gasteiger partial charge on any atom is -0.312 e. The summed E-state index contributed by atoms with van der Waals surface area (Å²) >= 11 is 0. The maximum absolute atomic E-state index is 13.1. The molecule has 1 aromatic rings. The van der Waals surface area contributed by atoms with Gasteiger partial charge in [0.2, 0.25) is 0 Å². The normalized spacial score (nSPS) is 16.7. The Labute approximate surface area is 103 Å². The van der Waals surface area contributed by atoms with Crippen LogP contribution in [-0.4, -0.2) is 6.54 Å². The quantitative estimate of drug-likeness (QED) is 0.814. The van der Waals surface area contributed by atoms with Crippen LogP contribution < -0.4 is 5.32 Å². The first-order chi connectivity index (χ1) is 8.45. The molecule has 100 valence electrons. The molecule has 0 aliphatic heterocycles. The number of alkyl halides is 3. The molecule has 0 radical (unpaired) electrons. The second kappa shape index (κ2) is 5.26. The fraction of sp³-hybridized carbons (Fsp3) is 0.538. The van der Waals surface area contributed by atoms with Gasteiger partial charge in [-0.2, -0.15) is 13.2 Å². The van der Waals surface area contributed by atoms with Gasteiger partial charge in [0.05, 0.1) is 5.56 Å². The number of halogens is 4. The van der Waals surface area contributed by atoms with Gasteiger partial charge in [-0.25, -0.2) is 4.39 Å². The summed E-state index contributed by atoms with van der Waals surface area (Å²) in [5.41, 5.74) is -0.593. The van der Waals surface area contributed by atoms with Crippen molar-refractivity contribution in [2.24, 2.45) is 5.92 Å². The summed E-state index contributed by atoms with van der Waals surface area (Å²) < 4.78 is 50.5. The zero-order chi connectivity index (χ0) is 13.2. The highest BCUT2D eigenvalue weighted by atomic mass is 19.4. The van der Waals surface area contributed by atoms with E-state index >= 15 is 0 Å². The van der Waals surface area contributed by atoms with Crippen molar-refractivity contribution >= 4 is 0 Å². The van der Waals surface area contributed by atoms with Gasteiger partial charge in [-0.05, 0) is 49.1 Å². The van der Waals surface area contributed by atoms with Crippen LogP contribution in [0.5, 0.6) is 0 Å². The molecule has 1 aliphatic rings. The standard InChI is InChI=1S/C13H15F4N/c14-12-5-10(4-11(6-12)13(15,16)17)8-18-7-9-2-1-3-9/h4-6,9,18H,1-3,7-8H2. The average molecular weight is 261 g/mol. The Morgan fingerprint density at radius 1 is 1.17 bits per heavy atom. The van der Waals surface area contributed by atoms with Crippen LogP contribution in [0, 0.1) is 11.7 Å². The van der Waals surface area contributed by atoms with Gasteiger partial charge in [0.15, 0.2) is 0 Å². The number of rotatable bonds is 4. The SMILES string of the molecule is Fc1cc(CNCC2CCC2)cc(C(F)(F)F)c1. The van der Waals surface area contributed by atoms with Crippen LogP contribution >= 0.6 is 0 Å². The molecular formula is C13H15F4N. The number of hydrogen-bond donors (Lipinski definition) is 1. The van der Waals surface area contributed by atoms with E-state index < -0.39 is 17.6 Å². The zero-order valence-electron chi connectivity index (χ0n) is 9.86. The molecule has 1 saturated carbocycles. The van der Waals surface area contributed by atoms with Gasteiger partial charge in [-0.15, -0.1) is 0 Å². The summed E-state index contributed by atoms with van der Waals surface area (Å²) in [6.45, 7) is 1.06. The Hall–Kier alpha value is -1.10. The molecule has 0 amide bonds. The predicted molar refractivity (Wildman–Crippen MR) is 60.4 cm³/mol. The summed E-state index contributed by atoms with van der Waals surface area (Å²) in [6, 6.07) is 2.66. The molecule has 1 aliphatic carbocycles. The Morgan fingerprint density at radius 2 is 1.89 bits per heavy atom. The molecule has 1 aromatic carbocycles. The number of hydrogen-bond acceptors (Lipinski definition) is 1. The van der Waals surface area contributed by atoms with Gasteiger partial charge in [-0.3, -0.25) is 0 Å². The first-order valence-corrected chi connectivity index (χ1v) is 6.02. The van der Waals surface area contributed by atoms with E-state index in [9.17, 15) is 17.6 Å². The van der Waals surface area contributed by atoms with Gasteiger partial charge in [0, 0.05) is 6.54 Å². The minimum absolute atomic E-state index is 0.275. The molecule has 0 atom stereocenters. The van der Waals surface area contributed by atoms with Gasteiger partial charge in [-0.1, -0.05) is 6.42 Å². The van der Waals surface area contributed by atoms with E-state index in [1.165, 1.54) is 19.3 Å². The van der Waals surface area contributed by atoms with E-state index in [-0.39, 0.29) is 6.54 Å². The molecule has 5 heteroatoms. The van der Waals surface area contributed by atoms with E-state index in [2.05, 4.69) is 5.32 Å². The Bertz CT molecular complexity index is 410. The summed E-state index contributed by atoms with van der Waals surface area (Å²) in [5, 5.41) is 3.08. The van der Waals surface area contributed by atoms with Crippen LogP contribution in [0.25, 0.3) is 0 Å². The third-order valence-corrected chi connectivity index (χ3v) is 3.27. The summed E-state index contributed by atoms with van der Waals surface area (Å²) in [6.07, 6.45) is -0.927. The van der Waals surface area contributed by atoms with Crippen molar-refractivity contribution in [3.63, 3.8) is 0 Å². The molecule has 0 heterocycles. The lowest BCUT2D eigenvalue weighted by Gasteiger charge is -2.25. The maximum atomic E-state index is 13.1. The first kappa shape index (κ1) is 13.3. The second-order valence-corrected chi connectivity index (χ2v) is 4.77. The molecule has 18 heavy (non-hydrogen) atoms. The summed E-state index contributed by atoms with van der Waals surface area (Å²) in [5.74, 6) is -0.217. The molecular weight excluding hydrogens is 246 g/mol. The van der Waals surface area contributed by atoms with E-state index in [0.29, 0.717) is 17.5 Å². The first-order valence-electron chi connectivity index (χ1n) is 6.02. The van der Waals surface area contributed by atoms with Gasteiger partial charge in [0.1, 0.15) is 5.82 Å². The van der Waals surface area contributed by atoms with Crippen molar-refractivity contribution in [3.05, 3.63) is 35.1 Å². The minimum atomic E-state index is -4.50. The predicted octanol–water partition coefficient (Wildman–Crippen LogP) is 3.73. The molecule has 0 aromatic heterocycles. The smallest absolute Gasteiger partial charge is 0.312 e. The van der Waals surface area contributed by atoms with Crippen molar-refractivity contribution in [1.29, 1.82) is 0 Å². The van der Waals surface area contributed by atoms with Crippen LogP contribution in [0.15, 0.2) is 18.2 Å². The van der Waals surface area contributed by atoms with E-state index in [1.807, 2.05) is 0 Å². The van der Waals surface area contributed by atoms with Crippen molar-refractivity contribution in [1.82, 2.24) is 5.32 Å². The van der Waals surface area contributed by atoms with Crippen molar-refractivity contribution in [2.45, 2.75) is 32.0 Å². The second-order valence-electron chi connectivity index (χ2n) is 4.77. The Balaban J connectivity index is 1.96. The lowest BCUT2D eigenvalue weighted by Crippen LogP contribution is -2.27. The fourth-order valence-corrected chi connectivity index (χ4v) is 2.03. The maximum Gasteiger partial charge on any atom is 0.416 e. The Morgan fingerprint density at radius 3 is 2.44 bits per heavy atom. The molecule has 1 N–H and O–H groups in total. The van der Waals surface area contributed by atoms with Crippen LogP contribution in [0.3, 0.4) is 0 Å². The van der Waals surface area contributed by atoms with Crippen molar-refractivity contribution in [2.75, 3.05) is 6.54 Å². The molecule has 2 rings (SSSR count). The third kappa shape index (κ3) is 3.45. The molecule has 0 spiro atoms. The lowest BCUT2D eigenvalue weighted by molar-refractivity contribution is -0.137. The van der Waals surface area contributed by atoms with Gasteiger partial charge < -0.3 is 5.32 Å². The van der Waals surface area contributed by atoms with Crippen LogP contribution in [0.1, 0.15) is 30.4 Å². The summed E-state index contributed by atoms with van der Waals surface area (Å²) in [4.78, 5) is 0. The highest BCUT2D eigenvalue weighted by molar-refractivity contribution is 5.26. The van der Waals surface area contributed by atoms with Crippen LogP contribution in [-0.2, 0) is 12.7 Å². The highest BCUT2D eigenvalue weighted by Gasteiger charge is 2.31. The zero-order valence-corrected chi connectivity index (χ0v) is 9.86. The van der Waals surface area contributed by atoms with Gasteiger partial charge in [0.25, 0.3) is 0 Å². The van der Waals surface area contributed by atoms with E-state index in [0.717, 1.165) is 18.7 Å². The molecule has 1 fully saturated rings. The fourth-order valence-electron chi connectivity index (χ4n) is 2.03. The topological polar surface area (TPSA) is 12.0 Å². The third-order valence-electron chi connectivity index (χ3n) is 3.27. The number of nitrogens with one attached hydrogen (secondary N) is 1. The molecule has 0 saturated heterocycles. The van der Waals surface area contributed by atoms with Gasteiger partial charge >= 0.3 is 6.18 Å². The van der Waals surface area contributed by atoms with Crippen LogP contribution in [0.2, 0.25) is 0 Å². The van der Waals surface area contributed by atoms with Crippen molar-refractivity contribution in [3.8, 4) is 0 Å². The molecule has 1 nitrogen and oxygen atoms in total. The summed E-state index contributed by atoms with van der Waals surface area (Å²) in [7, 11) is 0. The lowest BCUT2D eigenvalue weighted by atomic mass is 9.85. The largest absolute Gasteiger partial charge is 0.416 e. The number of benzene rings is 1. The van der Waals surface area contributed by atoms with Crippen molar-refractivity contribution < 1.29 is 17.6 Å². The van der Waals surface area contributed by atoms with E-state index in [4.69, 9.17) is 0 Å². The van der Waals surface area contributed by atoms with Crippen LogP contribution in [0.4, 0.5) is 17.6 Å². The average Bonchev–Trinajstić information content (AvgIpc) is 2.20. The van der Waals surface area contributed by atoms with E-state index in [1.54, 1.807) is 0 Å². The molecule has 0 bridgehead atoms. The highest BCUT2D eigenvalue weighted by Crippen LogP contribution is 2.30. The Kier molecular flexibility index (Phi) is 3.90.